The van der Waals surface area contributed by atoms with Gasteiger partial charge in [-0.25, -0.2) is 0 Å². The third kappa shape index (κ3) is 2.64. The van der Waals surface area contributed by atoms with Crippen LogP contribution < -0.4 is 0 Å². The van der Waals surface area contributed by atoms with E-state index in [2.05, 4.69) is 55.0 Å². The van der Waals surface area contributed by atoms with Gasteiger partial charge in [0.2, 0.25) is 0 Å². The minimum absolute atomic E-state index is 0.840. The summed E-state index contributed by atoms with van der Waals surface area (Å²) in [6, 6.07) is 18.7. The first-order valence-electron chi connectivity index (χ1n) is 7.73. The van der Waals surface area contributed by atoms with Gasteiger partial charge in [-0.3, -0.25) is 9.98 Å². The number of benzene rings is 2. The average Bonchev–Trinajstić information content (AvgIpc) is 2.93. The van der Waals surface area contributed by atoms with Gasteiger partial charge in [-0.2, -0.15) is 0 Å². The van der Waals surface area contributed by atoms with Crippen LogP contribution in [-0.2, 0) is 6.42 Å². The van der Waals surface area contributed by atoms with Crippen molar-refractivity contribution < 1.29 is 0 Å². The fourth-order valence-corrected chi connectivity index (χ4v) is 2.90. The molecule has 0 saturated heterocycles. The molecule has 0 fully saturated rings. The van der Waals surface area contributed by atoms with Crippen molar-refractivity contribution in [3.8, 4) is 0 Å². The standard InChI is InChI=1S/C20H20N2/c1-3-13-22-20-17-12-8-7-11-16(17)14-18(20)19(21-2)15-9-5-4-6-10-15/h4-12H,2-3,13-14H2,1H3/b19-18-,22-20?. The molecule has 2 heteroatoms. The Hall–Kier alpha value is -2.48. The molecular formula is C20H20N2. The first-order valence-corrected chi connectivity index (χ1v) is 7.73. The molecule has 0 spiro atoms. The minimum Gasteiger partial charge on any atom is -0.284 e. The summed E-state index contributed by atoms with van der Waals surface area (Å²) in [6.45, 7) is 6.79. The Kier molecular flexibility index (Phi) is 4.29. The third-order valence-corrected chi connectivity index (χ3v) is 3.91. The van der Waals surface area contributed by atoms with Crippen molar-refractivity contribution in [3.05, 3.63) is 76.9 Å². The lowest BCUT2D eigenvalue weighted by atomic mass is 10.0. The lowest BCUT2D eigenvalue weighted by Gasteiger charge is -2.08. The second kappa shape index (κ2) is 6.52. The molecule has 0 radical (unpaired) electrons. The molecule has 2 aromatic carbocycles. The number of rotatable bonds is 4. The highest BCUT2D eigenvalue weighted by molar-refractivity contribution is 6.20. The molecule has 0 N–H and O–H groups in total. The van der Waals surface area contributed by atoms with Gasteiger partial charge in [0.05, 0.1) is 11.4 Å². The molecule has 3 rings (SSSR count). The van der Waals surface area contributed by atoms with Crippen LogP contribution in [-0.4, -0.2) is 19.0 Å². The predicted molar refractivity (Wildman–Crippen MR) is 94.8 cm³/mol. The quantitative estimate of drug-likeness (QED) is 0.737. The molecule has 1 aliphatic rings. The molecular weight excluding hydrogens is 268 g/mol. The minimum atomic E-state index is 0.840. The highest BCUT2D eigenvalue weighted by Crippen LogP contribution is 2.33. The van der Waals surface area contributed by atoms with Gasteiger partial charge >= 0.3 is 0 Å². The van der Waals surface area contributed by atoms with Gasteiger partial charge in [0, 0.05) is 29.7 Å². The van der Waals surface area contributed by atoms with Crippen LogP contribution >= 0.6 is 0 Å². The van der Waals surface area contributed by atoms with Crippen molar-refractivity contribution in [1.29, 1.82) is 0 Å². The van der Waals surface area contributed by atoms with Crippen LogP contribution in [0.25, 0.3) is 5.70 Å². The van der Waals surface area contributed by atoms with E-state index in [-0.39, 0.29) is 0 Å². The van der Waals surface area contributed by atoms with Crippen LogP contribution in [0.5, 0.6) is 0 Å². The Balaban J connectivity index is 2.17. The van der Waals surface area contributed by atoms with Gasteiger partial charge < -0.3 is 0 Å². The summed E-state index contributed by atoms with van der Waals surface area (Å²) in [7, 11) is 0. The van der Waals surface area contributed by atoms with Crippen LogP contribution in [0.4, 0.5) is 0 Å². The lowest BCUT2D eigenvalue weighted by Crippen LogP contribution is -2.03. The molecule has 0 saturated carbocycles. The second-order valence-corrected chi connectivity index (χ2v) is 5.42. The van der Waals surface area contributed by atoms with Gasteiger partial charge in [-0.05, 0) is 18.7 Å². The zero-order valence-corrected chi connectivity index (χ0v) is 12.9. The maximum atomic E-state index is 4.83. The van der Waals surface area contributed by atoms with E-state index >= 15 is 0 Å². The molecule has 1 aliphatic carbocycles. The Morgan fingerprint density at radius 2 is 1.77 bits per heavy atom. The number of hydrogen-bond acceptors (Lipinski definition) is 2. The zero-order valence-electron chi connectivity index (χ0n) is 12.9. The fraction of sp³-hybridized carbons (Fsp3) is 0.200. The zero-order chi connectivity index (χ0) is 15.4. The van der Waals surface area contributed by atoms with Gasteiger partial charge in [-0.15, -0.1) is 0 Å². The highest BCUT2D eigenvalue weighted by Gasteiger charge is 2.25. The Morgan fingerprint density at radius 1 is 1.05 bits per heavy atom. The van der Waals surface area contributed by atoms with E-state index in [9.17, 15) is 0 Å². The Bertz CT molecular complexity index is 739. The summed E-state index contributed by atoms with van der Waals surface area (Å²) in [6.07, 6.45) is 1.92. The van der Waals surface area contributed by atoms with Gasteiger partial charge in [-0.1, -0.05) is 61.5 Å². The number of hydrogen-bond donors (Lipinski definition) is 0. The summed E-state index contributed by atoms with van der Waals surface area (Å²) in [5.41, 5.74) is 6.89. The van der Waals surface area contributed by atoms with Crippen LogP contribution in [0.15, 0.2) is 70.2 Å². The SMILES string of the molecule is C=N/C(=C1/Cc2ccccc2C1=NCCC)c1ccccc1. The topological polar surface area (TPSA) is 24.7 Å². The van der Waals surface area contributed by atoms with E-state index in [4.69, 9.17) is 4.99 Å². The van der Waals surface area contributed by atoms with Crippen molar-refractivity contribution in [1.82, 2.24) is 0 Å². The van der Waals surface area contributed by atoms with E-state index in [1.165, 1.54) is 16.7 Å². The summed E-state index contributed by atoms with van der Waals surface area (Å²) in [4.78, 5) is 9.16. The van der Waals surface area contributed by atoms with Crippen LogP contribution in [0.1, 0.15) is 30.0 Å². The summed E-state index contributed by atoms with van der Waals surface area (Å²) >= 11 is 0. The molecule has 0 amide bonds. The maximum Gasteiger partial charge on any atom is 0.0751 e. The number of nitrogens with zero attached hydrogens (tertiary/aromatic N) is 2. The molecule has 2 aromatic rings. The van der Waals surface area contributed by atoms with Crippen molar-refractivity contribution >= 4 is 18.1 Å². The van der Waals surface area contributed by atoms with E-state index in [1.807, 2.05) is 18.2 Å². The number of fused-ring (bicyclic) bond motifs is 1. The largest absolute Gasteiger partial charge is 0.284 e. The van der Waals surface area contributed by atoms with Gasteiger partial charge in [0.1, 0.15) is 0 Å². The molecule has 0 bridgehead atoms. The highest BCUT2D eigenvalue weighted by atomic mass is 14.8. The Morgan fingerprint density at radius 3 is 2.50 bits per heavy atom. The van der Waals surface area contributed by atoms with Gasteiger partial charge in [0.25, 0.3) is 0 Å². The second-order valence-electron chi connectivity index (χ2n) is 5.42. The first kappa shape index (κ1) is 14.5. The monoisotopic (exact) mass is 288 g/mol. The van der Waals surface area contributed by atoms with Gasteiger partial charge in [0.15, 0.2) is 0 Å². The molecule has 2 nitrogen and oxygen atoms in total. The summed E-state index contributed by atoms with van der Waals surface area (Å²) in [5.74, 6) is 0. The molecule has 0 heterocycles. The number of aliphatic imine (C=N–C) groups is 2. The third-order valence-electron chi connectivity index (χ3n) is 3.91. The molecule has 0 atom stereocenters. The van der Waals surface area contributed by atoms with Crippen molar-refractivity contribution in [2.75, 3.05) is 6.54 Å². The first-order chi connectivity index (χ1) is 10.8. The van der Waals surface area contributed by atoms with Crippen LogP contribution in [0, 0.1) is 0 Å². The van der Waals surface area contributed by atoms with Crippen LogP contribution in [0.2, 0.25) is 0 Å². The number of allylic oxidation sites excluding steroid dienone is 1. The maximum absolute atomic E-state index is 4.83. The molecule has 0 aliphatic heterocycles. The van der Waals surface area contributed by atoms with E-state index in [0.717, 1.165) is 36.4 Å². The van der Waals surface area contributed by atoms with Crippen LogP contribution in [0.3, 0.4) is 0 Å². The lowest BCUT2D eigenvalue weighted by molar-refractivity contribution is 0.933. The predicted octanol–water partition coefficient (Wildman–Crippen LogP) is 4.55. The summed E-state index contributed by atoms with van der Waals surface area (Å²) < 4.78 is 0. The van der Waals surface area contributed by atoms with E-state index < -0.39 is 0 Å². The molecule has 110 valence electrons. The average molecular weight is 288 g/mol. The van der Waals surface area contributed by atoms with E-state index in [1.54, 1.807) is 0 Å². The summed E-state index contributed by atoms with van der Waals surface area (Å²) in [5, 5.41) is 0. The van der Waals surface area contributed by atoms with Crippen molar-refractivity contribution in [3.63, 3.8) is 0 Å². The van der Waals surface area contributed by atoms with E-state index in [0.29, 0.717) is 0 Å². The van der Waals surface area contributed by atoms with Crippen molar-refractivity contribution in [2.24, 2.45) is 9.98 Å². The normalized spacial score (nSPS) is 17.4. The molecule has 0 aromatic heterocycles. The fourth-order valence-electron chi connectivity index (χ4n) is 2.90. The smallest absolute Gasteiger partial charge is 0.0751 e. The van der Waals surface area contributed by atoms with Crippen molar-refractivity contribution in [2.45, 2.75) is 19.8 Å². The molecule has 22 heavy (non-hydrogen) atoms. The molecule has 0 unspecified atom stereocenters. The Labute approximate surface area is 132 Å².